The fourth-order valence-electron chi connectivity index (χ4n) is 4.64. The maximum absolute atomic E-state index is 4.84. The predicted octanol–water partition coefficient (Wildman–Crippen LogP) is 4.01. The zero-order valence-corrected chi connectivity index (χ0v) is 19.7. The van der Waals surface area contributed by atoms with E-state index in [1.165, 1.54) is 0 Å². The molecule has 172 valence electrons. The summed E-state index contributed by atoms with van der Waals surface area (Å²) in [6.45, 7) is 6.38. The fraction of sp³-hybridized carbons (Fsp3) is 0.458. The third kappa shape index (κ3) is 4.08. The summed E-state index contributed by atoms with van der Waals surface area (Å²) in [6.07, 6.45) is 8.88. The van der Waals surface area contributed by atoms with E-state index in [4.69, 9.17) is 4.98 Å². The number of fused-ring (bicyclic) bond motifs is 3. The van der Waals surface area contributed by atoms with Crippen molar-refractivity contribution in [2.45, 2.75) is 45.2 Å². The van der Waals surface area contributed by atoms with Crippen LogP contribution in [-0.4, -0.2) is 67.8 Å². The van der Waals surface area contributed by atoms with Crippen LogP contribution in [0.3, 0.4) is 0 Å². The van der Waals surface area contributed by atoms with E-state index in [-0.39, 0.29) is 0 Å². The van der Waals surface area contributed by atoms with Gasteiger partial charge in [-0.25, -0.2) is 4.98 Å². The van der Waals surface area contributed by atoms with Crippen LogP contribution >= 0.6 is 0 Å². The average molecular weight is 446 g/mol. The molecule has 0 amide bonds. The van der Waals surface area contributed by atoms with E-state index in [0.717, 1.165) is 60.1 Å². The molecule has 0 aliphatic carbocycles. The summed E-state index contributed by atoms with van der Waals surface area (Å²) >= 11 is 0. The second-order valence-electron chi connectivity index (χ2n) is 9.03. The quantitative estimate of drug-likeness (QED) is 0.476. The van der Waals surface area contributed by atoms with Gasteiger partial charge in [0.1, 0.15) is 5.65 Å². The minimum atomic E-state index is 0.299. The van der Waals surface area contributed by atoms with Crippen LogP contribution in [-0.2, 0) is 0 Å². The number of nitrogens with zero attached hydrogens (tertiary/aromatic N) is 8. The van der Waals surface area contributed by atoms with Gasteiger partial charge in [-0.3, -0.25) is 4.98 Å². The third-order valence-corrected chi connectivity index (χ3v) is 6.79. The number of rotatable bonds is 6. The zero-order valence-electron chi connectivity index (χ0n) is 19.7. The predicted molar refractivity (Wildman–Crippen MR) is 132 cm³/mol. The normalized spacial score (nSPS) is 16.1. The highest BCUT2D eigenvalue weighted by atomic mass is 15.3. The van der Waals surface area contributed by atoms with Crippen molar-refractivity contribution in [2.24, 2.45) is 0 Å². The Morgan fingerprint density at radius 1 is 1.09 bits per heavy atom. The van der Waals surface area contributed by atoms with Crippen LogP contribution in [0.5, 0.6) is 0 Å². The molecule has 1 aliphatic rings. The Morgan fingerprint density at radius 3 is 2.61 bits per heavy atom. The van der Waals surface area contributed by atoms with Crippen LogP contribution in [0.4, 0.5) is 17.6 Å². The molecule has 1 fully saturated rings. The molecular weight excluding hydrogens is 414 g/mol. The Morgan fingerprint density at radius 2 is 1.91 bits per heavy atom. The molecule has 0 spiro atoms. The van der Waals surface area contributed by atoms with Crippen LogP contribution < -0.4 is 10.2 Å². The lowest BCUT2D eigenvalue weighted by Gasteiger charge is -2.35. The first-order valence-electron chi connectivity index (χ1n) is 11.7. The molecule has 9 heteroatoms. The van der Waals surface area contributed by atoms with E-state index < -0.39 is 0 Å². The van der Waals surface area contributed by atoms with Crippen molar-refractivity contribution in [1.29, 1.82) is 0 Å². The lowest BCUT2D eigenvalue weighted by atomic mass is 10.0. The van der Waals surface area contributed by atoms with E-state index in [1.54, 1.807) is 0 Å². The minimum Gasteiger partial charge on any atom is -0.355 e. The Balaban J connectivity index is 1.38. The van der Waals surface area contributed by atoms with Crippen LogP contribution in [0.2, 0.25) is 0 Å². The highest BCUT2D eigenvalue weighted by Crippen LogP contribution is 2.31. The summed E-state index contributed by atoms with van der Waals surface area (Å²) in [5.74, 6) is 2.06. The zero-order chi connectivity index (χ0) is 22.9. The van der Waals surface area contributed by atoms with Crippen LogP contribution in [0.15, 0.2) is 36.8 Å². The molecule has 5 rings (SSSR count). The number of aromatic nitrogens is 6. The van der Waals surface area contributed by atoms with Crippen molar-refractivity contribution in [3.63, 3.8) is 0 Å². The van der Waals surface area contributed by atoms with Gasteiger partial charge in [0.15, 0.2) is 11.6 Å². The molecule has 5 heterocycles. The van der Waals surface area contributed by atoms with Gasteiger partial charge >= 0.3 is 0 Å². The highest BCUT2D eigenvalue weighted by molar-refractivity contribution is 6.06. The first kappa shape index (κ1) is 21.5. The molecule has 0 radical (unpaired) electrons. The molecule has 0 bridgehead atoms. The van der Waals surface area contributed by atoms with Crippen molar-refractivity contribution in [2.75, 3.05) is 37.4 Å². The summed E-state index contributed by atoms with van der Waals surface area (Å²) in [6, 6.07) is 6.93. The summed E-state index contributed by atoms with van der Waals surface area (Å²) in [7, 11) is 4.30. The maximum Gasteiger partial charge on any atom is 0.230 e. The van der Waals surface area contributed by atoms with E-state index in [9.17, 15) is 0 Å². The van der Waals surface area contributed by atoms with Crippen molar-refractivity contribution in [1.82, 2.24) is 34.6 Å². The average Bonchev–Trinajstić information content (AvgIpc) is 3.18. The summed E-state index contributed by atoms with van der Waals surface area (Å²) in [5.41, 5.74) is 1.98. The van der Waals surface area contributed by atoms with Gasteiger partial charge in [0.2, 0.25) is 5.95 Å². The fourth-order valence-corrected chi connectivity index (χ4v) is 4.64. The Kier molecular flexibility index (Phi) is 5.80. The largest absolute Gasteiger partial charge is 0.355 e. The topological polar surface area (TPSA) is 87.9 Å². The van der Waals surface area contributed by atoms with Gasteiger partial charge in [-0.15, -0.1) is 10.2 Å². The van der Waals surface area contributed by atoms with Crippen LogP contribution in [0.25, 0.3) is 21.9 Å². The molecule has 4 aromatic heterocycles. The van der Waals surface area contributed by atoms with E-state index in [1.807, 2.05) is 36.8 Å². The standard InChI is InChI=1S/C24H31N9/c1-5-16(2)33-20-15-25-11-8-18(20)19-14-26-24(28-23(19)33)27-21-6-7-22(30-29-21)32-12-9-17(10-13-32)31(3)4/h6-8,11,14-17H,5,9-10,12-13H2,1-4H3,(H,26,27,28,29)/t16-/m0/s1. The van der Waals surface area contributed by atoms with Crippen LogP contribution in [0, 0.1) is 0 Å². The van der Waals surface area contributed by atoms with Crippen molar-refractivity contribution < 1.29 is 0 Å². The first-order chi connectivity index (χ1) is 16.0. The molecule has 1 aliphatic heterocycles. The van der Waals surface area contributed by atoms with Crippen molar-refractivity contribution in [3.8, 4) is 0 Å². The molecule has 4 aromatic rings. The van der Waals surface area contributed by atoms with Crippen LogP contribution in [0.1, 0.15) is 39.2 Å². The van der Waals surface area contributed by atoms with Crippen molar-refractivity contribution >= 4 is 39.5 Å². The monoisotopic (exact) mass is 445 g/mol. The number of hydrogen-bond acceptors (Lipinski definition) is 8. The molecule has 0 aromatic carbocycles. The van der Waals surface area contributed by atoms with Gasteiger partial charge in [0.05, 0.1) is 11.7 Å². The molecule has 0 unspecified atom stereocenters. The smallest absolute Gasteiger partial charge is 0.230 e. The molecule has 0 saturated carbocycles. The Bertz CT molecular complexity index is 1240. The molecule has 33 heavy (non-hydrogen) atoms. The SMILES string of the molecule is CC[C@H](C)n1c2cnccc2c2cnc(Nc3ccc(N4CCC(N(C)C)CC4)nn3)nc21. The second kappa shape index (κ2) is 8.90. The molecule has 1 saturated heterocycles. The molecule has 1 N–H and O–H groups in total. The summed E-state index contributed by atoms with van der Waals surface area (Å²) in [5, 5.41) is 14.2. The lowest BCUT2D eigenvalue weighted by Crippen LogP contribution is -2.42. The highest BCUT2D eigenvalue weighted by Gasteiger charge is 2.22. The van der Waals surface area contributed by atoms with E-state index in [0.29, 0.717) is 23.8 Å². The number of anilines is 3. The van der Waals surface area contributed by atoms with Gasteiger partial charge in [-0.2, -0.15) is 4.98 Å². The van der Waals surface area contributed by atoms with E-state index >= 15 is 0 Å². The summed E-state index contributed by atoms with van der Waals surface area (Å²) in [4.78, 5) is 18.3. The second-order valence-corrected chi connectivity index (χ2v) is 9.03. The number of piperidine rings is 1. The minimum absolute atomic E-state index is 0.299. The molecule has 9 nitrogen and oxygen atoms in total. The van der Waals surface area contributed by atoms with Crippen molar-refractivity contribution in [3.05, 3.63) is 36.8 Å². The number of nitrogens with one attached hydrogen (secondary N) is 1. The van der Waals surface area contributed by atoms with Gasteiger partial charge < -0.3 is 19.7 Å². The first-order valence-corrected chi connectivity index (χ1v) is 11.7. The summed E-state index contributed by atoms with van der Waals surface area (Å²) < 4.78 is 2.25. The molecular formula is C24H31N9. The Hall–Kier alpha value is -3.33. The van der Waals surface area contributed by atoms with Gasteiger partial charge in [-0.1, -0.05) is 6.92 Å². The number of hydrogen-bond donors (Lipinski definition) is 1. The lowest BCUT2D eigenvalue weighted by molar-refractivity contribution is 0.249. The van der Waals surface area contributed by atoms with E-state index in [2.05, 4.69) is 67.8 Å². The number of pyridine rings is 1. The van der Waals surface area contributed by atoms with Gasteiger partial charge in [0, 0.05) is 48.3 Å². The van der Waals surface area contributed by atoms with Gasteiger partial charge in [0.25, 0.3) is 0 Å². The Labute approximate surface area is 193 Å². The maximum atomic E-state index is 4.84. The van der Waals surface area contributed by atoms with Gasteiger partial charge in [-0.05, 0) is 58.5 Å². The molecule has 1 atom stereocenters. The third-order valence-electron chi connectivity index (χ3n) is 6.79.